The Morgan fingerprint density at radius 2 is 1.05 bits per heavy atom. The number of urea groups is 2. The number of isocyanates is 1. The van der Waals surface area contributed by atoms with Crippen LogP contribution >= 0.6 is 45.8 Å². The number of rotatable bonds is 6. The number of benzene rings is 3. The number of fused-ring (bicyclic) bond motifs is 2. The summed E-state index contributed by atoms with van der Waals surface area (Å²) in [6.45, 7) is 16.1. The summed E-state index contributed by atoms with van der Waals surface area (Å²) in [5, 5.41) is 17.9. The van der Waals surface area contributed by atoms with E-state index in [1.807, 2.05) is 130 Å². The fourth-order valence-electron chi connectivity index (χ4n) is 6.62. The Morgan fingerprint density at radius 1 is 0.627 bits per heavy atom. The molecule has 0 spiro atoms. The van der Waals surface area contributed by atoms with Crippen LogP contribution in [-0.2, 0) is 23.4 Å². The van der Waals surface area contributed by atoms with E-state index in [0.29, 0.717) is 27.1 Å². The predicted octanol–water partition coefficient (Wildman–Crippen LogP) is 9.00. The molecule has 24 heteroatoms. The van der Waals surface area contributed by atoms with Crippen LogP contribution in [-0.4, -0.2) is 136 Å². The first kappa shape index (κ1) is 59.9. The third-order valence-corrected chi connectivity index (χ3v) is 13.2. The maximum Gasteiger partial charge on any atom is 0.494 e. The normalized spacial score (nSPS) is 15.3. The third-order valence-electron chi connectivity index (χ3n) is 12.1. The van der Waals surface area contributed by atoms with Gasteiger partial charge in [0.15, 0.2) is 11.3 Å². The zero-order chi connectivity index (χ0) is 55.5. The lowest BCUT2D eigenvalue weighted by atomic mass is 9.79. The number of carbonyl (C=O) groups excluding carboxylic acids is 3. The van der Waals surface area contributed by atoms with Crippen molar-refractivity contribution >= 4 is 117 Å². The summed E-state index contributed by atoms with van der Waals surface area (Å²) in [7, 11) is 9.68. The van der Waals surface area contributed by atoms with Crippen molar-refractivity contribution < 1.29 is 33.0 Å². The summed E-state index contributed by atoms with van der Waals surface area (Å²) in [6.07, 6.45) is 8.17. The maximum absolute atomic E-state index is 11.7. The quantitative estimate of drug-likeness (QED) is 0.0618. The molecule has 0 bridgehead atoms. The van der Waals surface area contributed by atoms with Gasteiger partial charge in [0.2, 0.25) is 6.08 Å². The highest BCUT2D eigenvalue weighted by molar-refractivity contribution is 14.1. The number of aromatic nitrogens is 6. The molecule has 75 heavy (non-hydrogen) atoms. The van der Waals surface area contributed by atoms with E-state index in [0.717, 1.165) is 37.2 Å². The molecule has 396 valence electrons. The summed E-state index contributed by atoms with van der Waals surface area (Å²) in [5.74, 6) is 0. The highest BCUT2D eigenvalue weighted by atomic mass is 127. The van der Waals surface area contributed by atoms with Gasteiger partial charge in [0.25, 0.3) is 0 Å². The number of halogens is 3. The van der Waals surface area contributed by atoms with Crippen LogP contribution in [0.4, 0.5) is 26.7 Å². The lowest BCUT2D eigenvalue weighted by Crippen LogP contribution is -2.41. The lowest BCUT2D eigenvalue weighted by molar-refractivity contribution is 0.00578. The molecule has 0 saturated carbocycles. The zero-order valence-corrected chi connectivity index (χ0v) is 48.2. The van der Waals surface area contributed by atoms with Crippen LogP contribution in [0.3, 0.4) is 0 Å². The van der Waals surface area contributed by atoms with E-state index in [1.165, 1.54) is 15.9 Å². The van der Waals surface area contributed by atoms with E-state index in [-0.39, 0.29) is 34.5 Å². The molecule has 0 radical (unpaired) electrons. The van der Waals surface area contributed by atoms with Crippen molar-refractivity contribution in [3.8, 4) is 11.3 Å². The fraction of sp³-hybridized carbons (Fsp3) is 0.353. The second-order valence-corrected chi connectivity index (χ2v) is 21.4. The van der Waals surface area contributed by atoms with Crippen molar-refractivity contribution in [1.29, 1.82) is 0 Å². The second kappa shape index (κ2) is 25.7. The number of hydrogen-bond donors (Lipinski definition) is 3. The molecule has 2 fully saturated rings. The monoisotopic (exact) mass is 1170 g/mol. The molecule has 4 aromatic heterocycles. The SMILES string of the molecule is CC1(C)OB(c2cccc(N=C=O)c2)OC1(C)C.CN(C)C(=O)Nc1cccc(-c2cnc3cc(Cl)cnn23)c1.CN(C)C(=O)Nc1cccc(B2OC(C)(C)C(C)(C)O2)c1.CNC.Clc1cnn2c(I)cnc2c1. The number of carbonyl (C=O) groups is 2. The molecule has 4 amide bonds. The molecule has 0 unspecified atom stereocenters. The van der Waals surface area contributed by atoms with Crippen molar-refractivity contribution in [2.24, 2.45) is 4.99 Å². The summed E-state index contributed by atoms with van der Waals surface area (Å²) < 4.78 is 28.3. The number of hydrogen-bond acceptors (Lipinski definition) is 13. The van der Waals surface area contributed by atoms with E-state index in [2.05, 4.69) is 63.7 Å². The predicted molar refractivity (Wildman–Crippen MR) is 307 cm³/mol. The molecule has 2 aliphatic heterocycles. The summed E-state index contributed by atoms with van der Waals surface area (Å²) in [6, 6.07) is 25.4. The van der Waals surface area contributed by atoms with Crippen LogP contribution in [0, 0.1) is 3.70 Å². The van der Waals surface area contributed by atoms with Gasteiger partial charge in [-0.15, -0.1) is 0 Å². The minimum atomic E-state index is -0.434. The summed E-state index contributed by atoms with van der Waals surface area (Å²) >= 11 is 13.8. The molecule has 6 heterocycles. The van der Waals surface area contributed by atoms with Crippen LogP contribution in [0.15, 0.2) is 115 Å². The van der Waals surface area contributed by atoms with Gasteiger partial charge < -0.3 is 44.4 Å². The molecule has 0 aliphatic carbocycles. The van der Waals surface area contributed by atoms with E-state index < -0.39 is 14.2 Å². The minimum Gasteiger partial charge on any atom is -0.399 e. The average Bonchev–Trinajstić information content (AvgIpc) is 4.05. The van der Waals surface area contributed by atoms with Crippen molar-refractivity contribution in [3.05, 3.63) is 123 Å². The Balaban J connectivity index is 0.000000185. The zero-order valence-electron chi connectivity index (χ0n) is 44.6. The van der Waals surface area contributed by atoms with Gasteiger partial charge >= 0.3 is 26.3 Å². The molecule has 0 atom stereocenters. The highest BCUT2D eigenvalue weighted by Gasteiger charge is 2.52. The first-order valence-corrected chi connectivity index (χ1v) is 25.3. The van der Waals surface area contributed by atoms with Crippen molar-refractivity contribution in [1.82, 2.24) is 44.3 Å². The molecule has 3 aromatic carbocycles. The van der Waals surface area contributed by atoms with E-state index in [1.54, 1.807) is 86.3 Å². The van der Waals surface area contributed by atoms with Crippen LogP contribution in [0.1, 0.15) is 55.4 Å². The number of anilines is 2. The smallest absolute Gasteiger partial charge is 0.399 e. The van der Waals surface area contributed by atoms with Gasteiger partial charge in [-0.05, 0) is 139 Å². The van der Waals surface area contributed by atoms with Gasteiger partial charge in [0, 0.05) is 57.3 Å². The number of amides is 4. The standard InChI is InChI=1S/C15H23BN2O3.C15H14ClN5O.C13H16BNO3.C6H3ClIN3.C2H7N/c1-14(2)15(3,4)21-16(20-14)11-8-7-9-12(10-11)17-13(19)18(5)6;1-20(2)15(22)19-12-5-3-4-10(6-12)13-9-17-14-7-11(16)8-18-21(13)14;1-12(2)13(3,4)18-14(17-12)10-6-5-7-11(8-10)15-9-16;7-4-1-6-9-3-5(8)11(6)10-2-4;1-3-2/h7-10H,1-6H3,(H,17,19);3-9H,1-2H3,(H,19,22);5-8H,1-4H3;1-3H;3H,1-2H3. The third kappa shape index (κ3) is 15.8. The molecule has 7 aromatic rings. The van der Waals surface area contributed by atoms with Crippen LogP contribution in [0.2, 0.25) is 10.0 Å². The Labute approximate surface area is 462 Å². The molecule has 2 saturated heterocycles. The maximum atomic E-state index is 11.7. The molecular weight excluding hydrogens is 1110 g/mol. The second-order valence-electron chi connectivity index (χ2n) is 19.4. The first-order chi connectivity index (χ1) is 35.2. The van der Waals surface area contributed by atoms with E-state index in [4.69, 9.17) is 41.8 Å². The minimum absolute atomic E-state index is 0.166. The van der Waals surface area contributed by atoms with Gasteiger partial charge in [0.05, 0.1) is 68.6 Å². The van der Waals surface area contributed by atoms with Crippen LogP contribution in [0.25, 0.3) is 22.6 Å². The van der Waals surface area contributed by atoms with Crippen molar-refractivity contribution in [2.75, 3.05) is 52.9 Å². The molecule has 2 aliphatic rings. The molecular formula is C51H63B2Cl2IN12O7. The van der Waals surface area contributed by atoms with Gasteiger partial charge in [-0.25, -0.2) is 33.4 Å². The van der Waals surface area contributed by atoms with Crippen molar-refractivity contribution in [2.45, 2.75) is 77.8 Å². The van der Waals surface area contributed by atoms with Crippen LogP contribution < -0.4 is 26.9 Å². The van der Waals surface area contributed by atoms with E-state index >= 15 is 0 Å². The van der Waals surface area contributed by atoms with Gasteiger partial charge in [-0.2, -0.15) is 15.2 Å². The van der Waals surface area contributed by atoms with E-state index in [9.17, 15) is 14.4 Å². The number of nitrogens with one attached hydrogen (secondary N) is 3. The van der Waals surface area contributed by atoms with Crippen LogP contribution in [0.5, 0.6) is 0 Å². The fourth-order valence-corrected chi connectivity index (χ4v) is 7.41. The largest absolute Gasteiger partial charge is 0.494 e. The number of nitrogens with zero attached hydrogens (tertiary/aromatic N) is 9. The average molecular weight is 1180 g/mol. The highest BCUT2D eigenvalue weighted by Crippen LogP contribution is 2.38. The Bertz CT molecular complexity index is 3100. The molecule has 3 N–H and O–H groups in total. The Morgan fingerprint density at radius 3 is 1.55 bits per heavy atom. The number of aliphatic imine (C=N–C) groups is 1. The number of imidazole rings is 2. The van der Waals surface area contributed by atoms with Gasteiger partial charge in [-0.1, -0.05) is 59.6 Å². The Kier molecular flexibility index (Phi) is 20.6. The summed E-state index contributed by atoms with van der Waals surface area (Å²) in [5.41, 5.74) is 5.41. The van der Waals surface area contributed by atoms with Crippen molar-refractivity contribution in [3.63, 3.8) is 0 Å². The lowest BCUT2D eigenvalue weighted by Gasteiger charge is -2.32. The first-order valence-electron chi connectivity index (χ1n) is 23.5. The Hall–Kier alpha value is -5.94. The topological polar surface area (TPSA) is 203 Å². The van der Waals surface area contributed by atoms with Gasteiger partial charge in [0.1, 0.15) is 3.70 Å². The summed E-state index contributed by atoms with van der Waals surface area (Å²) in [4.78, 5) is 48.6. The molecule has 9 rings (SSSR count). The molecule has 19 nitrogen and oxygen atoms in total. The van der Waals surface area contributed by atoms with Gasteiger partial charge in [-0.3, -0.25) is 0 Å².